The Morgan fingerprint density at radius 1 is 0.298 bits per heavy atom. The first-order valence-electron chi connectivity index (χ1n) is 19.0. The van der Waals surface area contributed by atoms with E-state index in [-0.39, 0.29) is 0 Å². The Bertz CT molecular complexity index is 3300. The third-order valence-electron chi connectivity index (χ3n) is 11.1. The van der Waals surface area contributed by atoms with Crippen molar-refractivity contribution in [3.63, 3.8) is 0 Å². The van der Waals surface area contributed by atoms with Crippen molar-refractivity contribution in [1.82, 2.24) is 19.5 Å². The standard InChI is InChI=1S/C51H30N4S2/c1-3-11-31(12-4-1)49-52-50(32-13-5-2-6-14-32)54-51(53-49)55-43-23-19-33(35-21-25-47-41(29-35)37-15-7-9-17-45(37)56-47)27-39(43)40-28-34(20-24-44(40)55)36-22-26-48-42(30-36)38-16-8-10-18-46(38)57-48/h1-30H. The van der Waals surface area contributed by atoms with Gasteiger partial charge >= 0.3 is 0 Å². The highest BCUT2D eigenvalue weighted by molar-refractivity contribution is 7.26. The fourth-order valence-corrected chi connectivity index (χ4v) is 10.5. The van der Waals surface area contributed by atoms with Gasteiger partial charge in [-0.25, -0.2) is 4.98 Å². The minimum atomic E-state index is 0.584. The fourth-order valence-electron chi connectivity index (χ4n) is 8.31. The number of hydrogen-bond donors (Lipinski definition) is 0. The lowest BCUT2D eigenvalue weighted by atomic mass is 9.98. The molecule has 0 aliphatic rings. The summed E-state index contributed by atoms with van der Waals surface area (Å²) >= 11 is 3.70. The molecule has 0 unspecified atom stereocenters. The van der Waals surface area contributed by atoms with E-state index >= 15 is 0 Å². The van der Waals surface area contributed by atoms with Crippen LogP contribution in [0.25, 0.3) is 113 Å². The smallest absolute Gasteiger partial charge is 0.238 e. The molecule has 0 N–H and O–H groups in total. The molecule has 0 saturated carbocycles. The SMILES string of the molecule is c1ccc(-c2nc(-c3ccccc3)nc(-n3c4ccc(-c5ccc6sc7ccccc7c6c5)cc4c4cc(-c5ccc6sc7ccccc7c6c5)ccc43)n2)cc1. The van der Waals surface area contributed by atoms with Crippen LogP contribution < -0.4 is 0 Å². The predicted molar refractivity (Wildman–Crippen MR) is 242 cm³/mol. The summed E-state index contributed by atoms with van der Waals surface area (Å²) in [7, 11) is 0. The number of hydrogen-bond acceptors (Lipinski definition) is 5. The molecule has 0 fully saturated rings. The summed E-state index contributed by atoms with van der Waals surface area (Å²) in [6, 6.07) is 65.1. The van der Waals surface area contributed by atoms with Crippen LogP contribution in [0.15, 0.2) is 182 Å². The Morgan fingerprint density at radius 3 is 1.16 bits per heavy atom. The molecule has 4 aromatic heterocycles. The van der Waals surface area contributed by atoms with Gasteiger partial charge in [0.15, 0.2) is 11.6 Å². The van der Waals surface area contributed by atoms with Crippen LogP contribution >= 0.6 is 22.7 Å². The molecule has 12 rings (SSSR count). The van der Waals surface area contributed by atoms with E-state index in [0.29, 0.717) is 17.6 Å². The van der Waals surface area contributed by atoms with Crippen molar-refractivity contribution in [2.24, 2.45) is 0 Å². The number of thiophene rings is 2. The first-order valence-corrected chi connectivity index (χ1v) is 20.6. The number of aromatic nitrogens is 4. The van der Waals surface area contributed by atoms with Gasteiger partial charge in [0, 0.05) is 62.2 Å². The molecule has 266 valence electrons. The van der Waals surface area contributed by atoms with E-state index in [4.69, 9.17) is 15.0 Å². The van der Waals surface area contributed by atoms with Gasteiger partial charge in [0.2, 0.25) is 5.95 Å². The second kappa shape index (κ2) is 12.8. The zero-order valence-corrected chi connectivity index (χ0v) is 32.1. The van der Waals surface area contributed by atoms with Gasteiger partial charge in [0.25, 0.3) is 0 Å². The Labute approximate surface area is 335 Å². The molecule has 0 amide bonds. The van der Waals surface area contributed by atoms with Gasteiger partial charge in [-0.05, 0) is 82.9 Å². The van der Waals surface area contributed by atoms with Crippen molar-refractivity contribution >= 4 is 84.8 Å². The van der Waals surface area contributed by atoms with E-state index in [0.717, 1.165) is 32.9 Å². The quantitative estimate of drug-likeness (QED) is 0.175. The Morgan fingerprint density at radius 2 is 0.684 bits per heavy atom. The summed E-state index contributed by atoms with van der Waals surface area (Å²) in [6.45, 7) is 0. The lowest BCUT2D eigenvalue weighted by Gasteiger charge is -2.11. The fraction of sp³-hybridized carbons (Fsp3) is 0. The van der Waals surface area contributed by atoms with Gasteiger partial charge in [0.1, 0.15) is 0 Å². The Balaban J connectivity index is 1.11. The van der Waals surface area contributed by atoms with Gasteiger partial charge < -0.3 is 0 Å². The lowest BCUT2D eigenvalue weighted by Crippen LogP contribution is -2.06. The maximum absolute atomic E-state index is 5.19. The summed E-state index contributed by atoms with van der Waals surface area (Å²) in [5.41, 5.74) is 8.68. The molecule has 0 atom stereocenters. The lowest BCUT2D eigenvalue weighted by molar-refractivity contribution is 0.953. The molecule has 0 saturated heterocycles. The minimum Gasteiger partial charge on any atom is -0.278 e. The molecule has 6 heteroatoms. The van der Waals surface area contributed by atoms with Crippen LogP contribution in [0.1, 0.15) is 0 Å². The highest BCUT2D eigenvalue weighted by Gasteiger charge is 2.20. The van der Waals surface area contributed by atoms with Crippen LogP contribution in [-0.4, -0.2) is 19.5 Å². The molecule has 0 aliphatic heterocycles. The van der Waals surface area contributed by atoms with E-state index in [1.54, 1.807) is 0 Å². The van der Waals surface area contributed by atoms with Crippen LogP contribution in [0.4, 0.5) is 0 Å². The van der Waals surface area contributed by atoms with E-state index in [1.807, 2.05) is 59.1 Å². The minimum absolute atomic E-state index is 0.584. The van der Waals surface area contributed by atoms with Crippen molar-refractivity contribution in [1.29, 1.82) is 0 Å². The third kappa shape index (κ3) is 5.30. The highest BCUT2D eigenvalue weighted by atomic mass is 32.1. The summed E-state index contributed by atoms with van der Waals surface area (Å²) in [5.74, 6) is 1.85. The van der Waals surface area contributed by atoms with Gasteiger partial charge in [-0.1, -0.05) is 121 Å². The van der Waals surface area contributed by atoms with Crippen LogP contribution in [0.3, 0.4) is 0 Å². The zero-order valence-electron chi connectivity index (χ0n) is 30.4. The normalized spacial score (nSPS) is 11.9. The second-order valence-corrected chi connectivity index (χ2v) is 16.6. The average Bonchev–Trinajstić information content (AvgIpc) is 3.95. The van der Waals surface area contributed by atoms with Gasteiger partial charge in [0.05, 0.1) is 11.0 Å². The summed E-state index contributed by atoms with van der Waals surface area (Å²) in [6.07, 6.45) is 0. The molecule has 0 radical (unpaired) electrons. The molecule has 0 spiro atoms. The number of rotatable bonds is 5. The first kappa shape index (κ1) is 32.3. The van der Waals surface area contributed by atoms with Crippen molar-refractivity contribution in [2.45, 2.75) is 0 Å². The van der Waals surface area contributed by atoms with Crippen LogP contribution in [0.5, 0.6) is 0 Å². The molecule has 4 nitrogen and oxygen atoms in total. The highest BCUT2D eigenvalue weighted by Crippen LogP contribution is 2.41. The molecular weight excluding hydrogens is 733 g/mol. The molecule has 8 aromatic carbocycles. The average molecular weight is 763 g/mol. The largest absolute Gasteiger partial charge is 0.278 e. The van der Waals surface area contributed by atoms with Gasteiger partial charge in [-0.15, -0.1) is 22.7 Å². The maximum Gasteiger partial charge on any atom is 0.238 e. The van der Waals surface area contributed by atoms with E-state index in [1.165, 1.54) is 62.6 Å². The summed E-state index contributed by atoms with van der Waals surface area (Å²) in [5, 5.41) is 7.47. The topological polar surface area (TPSA) is 43.6 Å². The van der Waals surface area contributed by atoms with E-state index in [9.17, 15) is 0 Å². The summed E-state index contributed by atoms with van der Waals surface area (Å²) < 4.78 is 7.44. The Hall–Kier alpha value is -6.99. The van der Waals surface area contributed by atoms with Crippen molar-refractivity contribution in [3.05, 3.63) is 182 Å². The molecule has 0 bridgehead atoms. The molecule has 4 heterocycles. The summed E-state index contributed by atoms with van der Waals surface area (Å²) in [4.78, 5) is 15.4. The van der Waals surface area contributed by atoms with E-state index in [2.05, 4.69) is 150 Å². The third-order valence-corrected chi connectivity index (χ3v) is 13.4. The number of fused-ring (bicyclic) bond motifs is 9. The monoisotopic (exact) mass is 762 g/mol. The van der Waals surface area contributed by atoms with E-state index < -0.39 is 0 Å². The van der Waals surface area contributed by atoms with Gasteiger partial charge in [-0.3, -0.25) is 4.57 Å². The first-order chi connectivity index (χ1) is 28.2. The molecule has 57 heavy (non-hydrogen) atoms. The molecule has 0 aliphatic carbocycles. The molecular formula is C51H30N4S2. The Kier molecular flexibility index (Phi) is 7.24. The molecule has 12 aromatic rings. The zero-order chi connectivity index (χ0) is 37.5. The van der Waals surface area contributed by atoms with Gasteiger partial charge in [-0.2, -0.15) is 9.97 Å². The maximum atomic E-state index is 5.19. The second-order valence-electron chi connectivity index (χ2n) is 14.4. The van der Waals surface area contributed by atoms with Crippen LogP contribution in [0.2, 0.25) is 0 Å². The van der Waals surface area contributed by atoms with Crippen LogP contribution in [-0.2, 0) is 0 Å². The van der Waals surface area contributed by atoms with Crippen molar-refractivity contribution in [2.75, 3.05) is 0 Å². The predicted octanol–water partition coefficient (Wildman–Crippen LogP) is 14.4. The van der Waals surface area contributed by atoms with Crippen LogP contribution in [0, 0.1) is 0 Å². The van der Waals surface area contributed by atoms with Crippen molar-refractivity contribution in [3.8, 4) is 51.0 Å². The number of nitrogens with zero attached hydrogens (tertiary/aromatic N) is 4. The van der Waals surface area contributed by atoms with Crippen molar-refractivity contribution < 1.29 is 0 Å². The number of benzene rings is 8.